The lowest BCUT2D eigenvalue weighted by Crippen LogP contribution is -2.36. The number of rotatable bonds is 8. The van der Waals surface area contributed by atoms with E-state index in [0.29, 0.717) is 32.2 Å². The molecular formula is C14H23IN4O2. The molecule has 1 heterocycles. The van der Waals surface area contributed by atoms with Crippen molar-refractivity contribution in [3.05, 3.63) is 36.5 Å². The fraction of sp³-hybridized carbons (Fsp3) is 0.429. The van der Waals surface area contributed by atoms with Crippen LogP contribution in [0.1, 0.15) is 5.56 Å². The summed E-state index contributed by atoms with van der Waals surface area (Å²) in [4.78, 5) is 8.32. The lowest BCUT2D eigenvalue weighted by molar-refractivity contribution is 0.143. The van der Waals surface area contributed by atoms with Gasteiger partial charge < -0.3 is 20.1 Å². The second-order valence-corrected chi connectivity index (χ2v) is 3.94. The van der Waals surface area contributed by atoms with Crippen LogP contribution in [0.15, 0.2) is 36.0 Å². The van der Waals surface area contributed by atoms with Gasteiger partial charge in [0, 0.05) is 39.5 Å². The summed E-state index contributed by atoms with van der Waals surface area (Å²) in [7, 11) is 3.36. The number of halogens is 1. The number of hydrogen-bond donors (Lipinski definition) is 2. The van der Waals surface area contributed by atoms with E-state index >= 15 is 0 Å². The van der Waals surface area contributed by atoms with E-state index in [1.54, 1.807) is 26.4 Å². The molecule has 0 spiro atoms. The van der Waals surface area contributed by atoms with Crippen LogP contribution in [0.2, 0.25) is 0 Å². The molecule has 0 aliphatic heterocycles. The average Bonchev–Trinajstić information content (AvgIpc) is 2.49. The Balaban J connectivity index is 0.00000400. The molecule has 0 saturated heterocycles. The van der Waals surface area contributed by atoms with Gasteiger partial charge in [-0.1, -0.05) is 12.1 Å². The predicted octanol–water partition coefficient (Wildman–Crippen LogP) is 1.58. The molecule has 0 radical (unpaired) electrons. The van der Waals surface area contributed by atoms with Crippen molar-refractivity contribution < 1.29 is 9.47 Å². The third-order valence-electron chi connectivity index (χ3n) is 2.43. The maximum absolute atomic E-state index is 5.40. The molecule has 21 heavy (non-hydrogen) atoms. The Morgan fingerprint density at radius 2 is 2.19 bits per heavy atom. The Kier molecular flexibility index (Phi) is 11.6. The van der Waals surface area contributed by atoms with Crippen molar-refractivity contribution in [2.75, 3.05) is 33.9 Å². The van der Waals surface area contributed by atoms with Crippen LogP contribution in [-0.2, 0) is 11.3 Å². The molecule has 0 unspecified atom stereocenters. The van der Waals surface area contributed by atoms with E-state index in [9.17, 15) is 0 Å². The number of nitrogens with zero attached hydrogens (tertiary/aromatic N) is 2. The van der Waals surface area contributed by atoms with Crippen LogP contribution in [0.5, 0.6) is 5.88 Å². The van der Waals surface area contributed by atoms with Gasteiger partial charge in [-0.2, -0.15) is 0 Å². The van der Waals surface area contributed by atoms with Crippen LogP contribution >= 0.6 is 24.0 Å². The summed E-state index contributed by atoms with van der Waals surface area (Å²) in [5, 5.41) is 6.28. The molecule has 1 aromatic rings. The zero-order chi connectivity index (χ0) is 14.6. The first-order valence-corrected chi connectivity index (χ1v) is 6.42. The second-order valence-electron chi connectivity index (χ2n) is 3.94. The zero-order valence-corrected chi connectivity index (χ0v) is 14.8. The SMILES string of the molecule is C=CCNC(=NC)NCc1ccc(OCCOC)nc1.I. The maximum Gasteiger partial charge on any atom is 0.213 e. The van der Waals surface area contributed by atoms with E-state index in [4.69, 9.17) is 9.47 Å². The van der Waals surface area contributed by atoms with Gasteiger partial charge in [-0.15, -0.1) is 30.6 Å². The van der Waals surface area contributed by atoms with Crippen molar-refractivity contribution in [2.24, 2.45) is 4.99 Å². The summed E-state index contributed by atoms with van der Waals surface area (Å²) in [6, 6.07) is 3.80. The number of ether oxygens (including phenoxy) is 2. The van der Waals surface area contributed by atoms with E-state index in [1.807, 2.05) is 12.1 Å². The number of aliphatic imine (C=N–C) groups is 1. The van der Waals surface area contributed by atoms with Crippen LogP contribution in [0.3, 0.4) is 0 Å². The maximum atomic E-state index is 5.40. The van der Waals surface area contributed by atoms with Crippen molar-refractivity contribution >= 4 is 29.9 Å². The first kappa shape index (κ1) is 19.7. The van der Waals surface area contributed by atoms with Crippen molar-refractivity contribution in [3.8, 4) is 5.88 Å². The Hall–Kier alpha value is -1.35. The number of nitrogens with one attached hydrogen (secondary N) is 2. The lowest BCUT2D eigenvalue weighted by atomic mass is 10.3. The van der Waals surface area contributed by atoms with Gasteiger partial charge in [0.05, 0.1) is 6.61 Å². The Morgan fingerprint density at radius 1 is 1.38 bits per heavy atom. The molecule has 0 atom stereocenters. The van der Waals surface area contributed by atoms with Gasteiger partial charge in [-0.05, 0) is 5.56 Å². The number of guanidine groups is 1. The normalized spacial score (nSPS) is 10.5. The van der Waals surface area contributed by atoms with E-state index in [-0.39, 0.29) is 24.0 Å². The van der Waals surface area contributed by atoms with Crippen LogP contribution in [0.25, 0.3) is 0 Å². The van der Waals surface area contributed by atoms with Gasteiger partial charge in [-0.3, -0.25) is 4.99 Å². The van der Waals surface area contributed by atoms with Crippen molar-refractivity contribution in [2.45, 2.75) is 6.54 Å². The van der Waals surface area contributed by atoms with Crippen LogP contribution in [0.4, 0.5) is 0 Å². The van der Waals surface area contributed by atoms with Gasteiger partial charge in [0.1, 0.15) is 6.61 Å². The van der Waals surface area contributed by atoms with E-state index < -0.39 is 0 Å². The van der Waals surface area contributed by atoms with E-state index in [1.165, 1.54) is 0 Å². The number of pyridine rings is 1. The molecule has 0 aliphatic rings. The molecule has 2 N–H and O–H groups in total. The molecule has 1 rings (SSSR count). The fourth-order valence-electron chi connectivity index (χ4n) is 1.41. The summed E-state index contributed by atoms with van der Waals surface area (Å²) in [6.07, 6.45) is 3.55. The van der Waals surface area contributed by atoms with Crippen LogP contribution in [-0.4, -0.2) is 44.9 Å². The molecule has 0 amide bonds. The topological polar surface area (TPSA) is 67.8 Å². The number of methoxy groups -OCH3 is 1. The molecule has 7 heteroatoms. The first-order valence-electron chi connectivity index (χ1n) is 6.42. The first-order chi connectivity index (χ1) is 9.80. The predicted molar refractivity (Wildman–Crippen MR) is 95.4 cm³/mol. The fourth-order valence-corrected chi connectivity index (χ4v) is 1.41. The minimum absolute atomic E-state index is 0. The largest absolute Gasteiger partial charge is 0.475 e. The summed E-state index contributed by atoms with van der Waals surface area (Å²) >= 11 is 0. The van der Waals surface area contributed by atoms with E-state index in [0.717, 1.165) is 11.5 Å². The number of hydrogen-bond acceptors (Lipinski definition) is 4. The molecule has 0 fully saturated rings. The molecule has 118 valence electrons. The van der Waals surface area contributed by atoms with Gasteiger partial charge in [0.2, 0.25) is 5.88 Å². The van der Waals surface area contributed by atoms with E-state index in [2.05, 4.69) is 27.2 Å². The van der Waals surface area contributed by atoms with Gasteiger partial charge in [-0.25, -0.2) is 4.98 Å². The third-order valence-corrected chi connectivity index (χ3v) is 2.43. The van der Waals surface area contributed by atoms with Crippen molar-refractivity contribution in [3.63, 3.8) is 0 Å². The molecule has 6 nitrogen and oxygen atoms in total. The van der Waals surface area contributed by atoms with Crippen LogP contribution in [0, 0.1) is 0 Å². The van der Waals surface area contributed by atoms with Crippen molar-refractivity contribution in [1.82, 2.24) is 15.6 Å². The smallest absolute Gasteiger partial charge is 0.213 e. The number of aromatic nitrogens is 1. The lowest BCUT2D eigenvalue weighted by Gasteiger charge is -2.10. The highest BCUT2D eigenvalue weighted by Gasteiger charge is 1.99. The highest BCUT2D eigenvalue weighted by molar-refractivity contribution is 14.0. The van der Waals surface area contributed by atoms with Gasteiger partial charge in [0.15, 0.2) is 5.96 Å². The summed E-state index contributed by atoms with van der Waals surface area (Å²) in [6.45, 7) is 6.01. The molecule has 1 aromatic heterocycles. The minimum Gasteiger partial charge on any atom is -0.475 e. The molecule has 0 aliphatic carbocycles. The average molecular weight is 406 g/mol. The molecular weight excluding hydrogens is 383 g/mol. The molecule has 0 saturated carbocycles. The Bertz CT molecular complexity index is 423. The van der Waals surface area contributed by atoms with Crippen molar-refractivity contribution in [1.29, 1.82) is 0 Å². The summed E-state index contributed by atoms with van der Waals surface area (Å²) < 4.78 is 10.3. The molecule has 0 bridgehead atoms. The third kappa shape index (κ3) is 8.51. The quantitative estimate of drug-likeness (QED) is 0.226. The minimum atomic E-state index is 0. The summed E-state index contributed by atoms with van der Waals surface area (Å²) in [5.74, 6) is 1.32. The molecule has 0 aromatic carbocycles. The van der Waals surface area contributed by atoms with Crippen LogP contribution < -0.4 is 15.4 Å². The highest BCUT2D eigenvalue weighted by Crippen LogP contribution is 2.07. The standard InChI is InChI=1S/C14H22N4O2.HI/c1-4-7-16-14(15-2)18-11-12-5-6-13(17-10-12)20-9-8-19-3;/h4-6,10H,1,7-9,11H2,2-3H3,(H2,15,16,18);1H. The monoisotopic (exact) mass is 406 g/mol. The van der Waals surface area contributed by atoms with Gasteiger partial charge in [0.25, 0.3) is 0 Å². The Morgan fingerprint density at radius 3 is 2.76 bits per heavy atom. The zero-order valence-electron chi connectivity index (χ0n) is 12.5. The Labute approximate surface area is 143 Å². The highest BCUT2D eigenvalue weighted by atomic mass is 127. The second kappa shape index (κ2) is 12.4. The van der Waals surface area contributed by atoms with Gasteiger partial charge >= 0.3 is 0 Å². The summed E-state index contributed by atoms with van der Waals surface area (Å²) in [5.41, 5.74) is 1.05.